The van der Waals surface area contributed by atoms with E-state index in [-0.39, 0.29) is 5.78 Å². The van der Waals surface area contributed by atoms with Crippen molar-refractivity contribution in [2.45, 2.75) is 19.8 Å². The topological polar surface area (TPSA) is 41.6 Å². The van der Waals surface area contributed by atoms with E-state index in [1.165, 1.54) is 0 Å². The van der Waals surface area contributed by atoms with Gasteiger partial charge in [-0.2, -0.15) is 0 Å². The van der Waals surface area contributed by atoms with E-state index in [4.69, 9.17) is 4.74 Å². The number of piperazine rings is 1. The largest absolute Gasteiger partial charge is 0.496 e. The Morgan fingerprint density at radius 3 is 2.75 bits per heavy atom. The number of ketones is 1. The Balaban J connectivity index is 1.80. The summed E-state index contributed by atoms with van der Waals surface area (Å²) in [6.07, 6.45) is 1.56. The lowest BCUT2D eigenvalue weighted by Crippen LogP contribution is -2.43. The Labute approximate surface area is 121 Å². The second-order valence-electron chi connectivity index (χ2n) is 5.30. The third-order valence-corrected chi connectivity index (χ3v) is 3.80. The number of hydrogen-bond acceptors (Lipinski definition) is 4. The molecule has 1 aromatic carbocycles. The zero-order chi connectivity index (χ0) is 14.4. The van der Waals surface area contributed by atoms with Crippen molar-refractivity contribution in [3.8, 4) is 5.75 Å². The van der Waals surface area contributed by atoms with Gasteiger partial charge in [-0.3, -0.25) is 4.79 Å². The average Bonchev–Trinajstić information content (AvgIpc) is 2.48. The molecule has 1 heterocycles. The van der Waals surface area contributed by atoms with Gasteiger partial charge < -0.3 is 15.0 Å². The fourth-order valence-corrected chi connectivity index (χ4v) is 2.59. The molecular formula is C16H24N2O2. The van der Waals surface area contributed by atoms with Crippen molar-refractivity contribution in [3.05, 3.63) is 29.3 Å². The molecule has 1 saturated heterocycles. The second-order valence-corrected chi connectivity index (χ2v) is 5.30. The molecule has 0 aliphatic carbocycles. The maximum Gasteiger partial charge on any atom is 0.162 e. The first kappa shape index (κ1) is 15.0. The first-order valence-electron chi connectivity index (χ1n) is 7.31. The predicted octanol–water partition coefficient (Wildman–Crippen LogP) is 1.87. The van der Waals surface area contributed by atoms with E-state index < -0.39 is 0 Å². The van der Waals surface area contributed by atoms with Crippen LogP contribution in [0.1, 0.15) is 28.8 Å². The Hall–Kier alpha value is -1.39. The number of benzene rings is 1. The highest BCUT2D eigenvalue weighted by molar-refractivity contribution is 5.96. The Morgan fingerprint density at radius 2 is 2.10 bits per heavy atom. The molecule has 110 valence electrons. The minimum Gasteiger partial charge on any atom is -0.496 e. The summed E-state index contributed by atoms with van der Waals surface area (Å²) in [5.74, 6) is 1.06. The molecule has 0 bridgehead atoms. The zero-order valence-electron chi connectivity index (χ0n) is 12.4. The third-order valence-electron chi connectivity index (χ3n) is 3.80. The number of aryl methyl sites for hydroxylation is 1. The van der Waals surface area contributed by atoms with E-state index in [9.17, 15) is 4.79 Å². The summed E-state index contributed by atoms with van der Waals surface area (Å²) in [7, 11) is 1.65. The molecule has 0 radical (unpaired) electrons. The van der Waals surface area contributed by atoms with Gasteiger partial charge in [-0.25, -0.2) is 0 Å². The number of hydrogen-bond donors (Lipinski definition) is 1. The van der Waals surface area contributed by atoms with E-state index in [0.717, 1.165) is 56.0 Å². The van der Waals surface area contributed by atoms with Gasteiger partial charge in [-0.05, 0) is 43.7 Å². The summed E-state index contributed by atoms with van der Waals surface area (Å²) >= 11 is 0. The lowest BCUT2D eigenvalue weighted by molar-refractivity contribution is 0.0973. The Kier molecular flexibility index (Phi) is 5.56. The molecule has 1 fully saturated rings. The molecule has 1 aliphatic rings. The molecule has 4 nitrogen and oxygen atoms in total. The smallest absolute Gasteiger partial charge is 0.162 e. The normalized spacial score (nSPS) is 16.1. The highest BCUT2D eigenvalue weighted by atomic mass is 16.5. The fraction of sp³-hybridized carbons (Fsp3) is 0.562. The lowest BCUT2D eigenvalue weighted by atomic mass is 10.0. The first-order valence-corrected chi connectivity index (χ1v) is 7.31. The van der Waals surface area contributed by atoms with Crippen molar-refractivity contribution in [2.24, 2.45) is 0 Å². The SMILES string of the molecule is COc1ccc(C(=O)CCCN2CCNCC2)cc1C. The molecule has 2 rings (SSSR count). The molecule has 0 amide bonds. The highest BCUT2D eigenvalue weighted by Crippen LogP contribution is 2.19. The second kappa shape index (κ2) is 7.41. The van der Waals surface area contributed by atoms with Crippen LogP contribution in [0.25, 0.3) is 0 Å². The van der Waals surface area contributed by atoms with Crippen LogP contribution in [0.4, 0.5) is 0 Å². The van der Waals surface area contributed by atoms with E-state index in [0.29, 0.717) is 6.42 Å². The van der Waals surface area contributed by atoms with Gasteiger partial charge in [0.2, 0.25) is 0 Å². The maximum atomic E-state index is 12.2. The third kappa shape index (κ3) is 4.05. The highest BCUT2D eigenvalue weighted by Gasteiger charge is 2.11. The van der Waals surface area contributed by atoms with Crippen LogP contribution in [0, 0.1) is 6.92 Å². The number of carbonyl (C=O) groups excluding carboxylic acids is 1. The minimum atomic E-state index is 0.228. The molecule has 0 spiro atoms. The van der Waals surface area contributed by atoms with Gasteiger partial charge in [0.1, 0.15) is 5.75 Å². The van der Waals surface area contributed by atoms with Crippen LogP contribution < -0.4 is 10.1 Å². The fourth-order valence-electron chi connectivity index (χ4n) is 2.59. The zero-order valence-corrected chi connectivity index (χ0v) is 12.4. The summed E-state index contributed by atoms with van der Waals surface area (Å²) in [6.45, 7) is 7.29. The van der Waals surface area contributed by atoms with Crippen LogP contribution in [0.3, 0.4) is 0 Å². The van der Waals surface area contributed by atoms with Crippen molar-refractivity contribution in [1.82, 2.24) is 10.2 Å². The maximum absolute atomic E-state index is 12.2. The summed E-state index contributed by atoms with van der Waals surface area (Å²) in [5.41, 5.74) is 1.81. The van der Waals surface area contributed by atoms with Gasteiger partial charge in [-0.1, -0.05) is 0 Å². The summed E-state index contributed by atoms with van der Waals surface area (Å²) in [6, 6.07) is 5.66. The quantitative estimate of drug-likeness (QED) is 0.805. The van der Waals surface area contributed by atoms with Crippen molar-refractivity contribution < 1.29 is 9.53 Å². The van der Waals surface area contributed by atoms with E-state index in [2.05, 4.69) is 10.2 Å². The molecule has 1 aliphatic heterocycles. The summed E-state index contributed by atoms with van der Waals surface area (Å²) in [4.78, 5) is 14.6. The van der Waals surface area contributed by atoms with Crippen LogP contribution >= 0.6 is 0 Å². The van der Waals surface area contributed by atoms with Gasteiger partial charge in [0.05, 0.1) is 7.11 Å². The predicted molar refractivity (Wildman–Crippen MR) is 80.6 cm³/mol. The minimum absolute atomic E-state index is 0.228. The van der Waals surface area contributed by atoms with Gasteiger partial charge in [-0.15, -0.1) is 0 Å². The number of rotatable bonds is 6. The molecule has 1 N–H and O–H groups in total. The number of Topliss-reactive ketones (excluding diaryl/α,β-unsaturated/α-hetero) is 1. The average molecular weight is 276 g/mol. The van der Waals surface area contributed by atoms with Crippen molar-refractivity contribution in [2.75, 3.05) is 39.8 Å². The van der Waals surface area contributed by atoms with Gasteiger partial charge in [0.15, 0.2) is 5.78 Å². The number of methoxy groups -OCH3 is 1. The van der Waals surface area contributed by atoms with Crippen molar-refractivity contribution in [3.63, 3.8) is 0 Å². The van der Waals surface area contributed by atoms with Crippen LogP contribution in [-0.2, 0) is 0 Å². The van der Waals surface area contributed by atoms with Gasteiger partial charge in [0, 0.05) is 38.2 Å². The first-order chi connectivity index (χ1) is 9.70. The molecule has 0 unspecified atom stereocenters. The van der Waals surface area contributed by atoms with Gasteiger partial charge >= 0.3 is 0 Å². The molecule has 0 aromatic heterocycles. The van der Waals surface area contributed by atoms with E-state index in [1.54, 1.807) is 7.11 Å². The van der Waals surface area contributed by atoms with E-state index in [1.807, 2.05) is 25.1 Å². The van der Waals surface area contributed by atoms with Crippen LogP contribution in [0.15, 0.2) is 18.2 Å². The Bertz CT molecular complexity index is 454. The van der Waals surface area contributed by atoms with Crippen LogP contribution in [0.5, 0.6) is 5.75 Å². The van der Waals surface area contributed by atoms with Crippen LogP contribution in [0.2, 0.25) is 0 Å². The number of nitrogens with zero attached hydrogens (tertiary/aromatic N) is 1. The van der Waals surface area contributed by atoms with Gasteiger partial charge in [0.25, 0.3) is 0 Å². The number of ether oxygens (including phenoxy) is 1. The Morgan fingerprint density at radius 1 is 1.35 bits per heavy atom. The molecule has 1 aromatic rings. The summed E-state index contributed by atoms with van der Waals surface area (Å²) in [5, 5.41) is 3.34. The molecule has 4 heteroatoms. The molecule has 20 heavy (non-hydrogen) atoms. The molecule has 0 saturated carbocycles. The summed E-state index contributed by atoms with van der Waals surface area (Å²) < 4.78 is 5.22. The van der Waals surface area contributed by atoms with Crippen molar-refractivity contribution in [1.29, 1.82) is 0 Å². The number of nitrogens with one attached hydrogen (secondary N) is 1. The molecule has 0 atom stereocenters. The van der Waals surface area contributed by atoms with Crippen molar-refractivity contribution >= 4 is 5.78 Å². The van der Waals surface area contributed by atoms with E-state index >= 15 is 0 Å². The number of carbonyl (C=O) groups is 1. The lowest BCUT2D eigenvalue weighted by Gasteiger charge is -2.26. The monoisotopic (exact) mass is 276 g/mol. The van der Waals surface area contributed by atoms with Crippen LogP contribution in [-0.4, -0.2) is 50.5 Å². The standard InChI is InChI=1S/C16H24N2O2/c1-13-12-14(5-6-16(13)20-2)15(19)4-3-9-18-10-7-17-8-11-18/h5-6,12,17H,3-4,7-11H2,1-2H3. The molecular weight excluding hydrogens is 252 g/mol.